The van der Waals surface area contributed by atoms with Crippen LogP contribution in [0.1, 0.15) is 53.7 Å². The third kappa shape index (κ3) is 3.21. The molecule has 0 aromatic heterocycles. The summed E-state index contributed by atoms with van der Waals surface area (Å²) in [7, 11) is 4.78. The average molecular weight is 370 g/mol. The fraction of sp³-hybridized carbons (Fsp3) is 0.455. The Morgan fingerprint density at radius 3 is 2.11 bits per heavy atom. The van der Waals surface area contributed by atoms with Crippen LogP contribution in [0, 0.1) is 0 Å². The van der Waals surface area contributed by atoms with Crippen molar-refractivity contribution in [1.29, 1.82) is 0 Å². The summed E-state index contributed by atoms with van der Waals surface area (Å²) in [5, 5.41) is 10.8. The lowest BCUT2D eigenvalue weighted by atomic mass is 9.86. The number of ether oxygens (including phenoxy) is 4. The summed E-state index contributed by atoms with van der Waals surface area (Å²) in [6.45, 7) is 0. The molecule has 2 aliphatic rings. The van der Waals surface area contributed by atoms with Crippen molar-refractivity contribution in [2.24, 2.45) is 0 Å². The molecule has 5 heteroatoms. The van der Waals surface area contributed by atoms with Gasteiger partial charge in [0.2, 0.25) is 5.75 Å². The molecule has 1 N–H and O–H groups in total. The first-order chi connectivity index (χ1) is 13.1. The second kappa shape index (κ2) is 7.31. The maximum atomic E-state index is 10.8. The van der Waals surface area contributed by atoms with Gasteiger partial charge in [-0.25, -0.2) is 0 Å². The maximum Gasteiger partial charge on any atom is 0.203 e. The zero-order valence-electron chi connectivity index (χ0n) is 16.1. The van der Waals surface area contributed by atoms with Crippen LogP contribution in [-0.4, -0.2) is 26.4 Å². The van der Waals surface area contributed by atoms with Gasteiger partial charge in [-0.05, 0) is 61.1 Å². The molecule has 4 rings (SSSR count). The number of fused-ring (bicyclic) bond motifs is 2. The Balaban J connectivity index is 1.71. The van der Waals surface area contributed by atoms with Gasteiger partial charge in [-0.2, -0.15) is 0 Å². The van der Waals surface area contributed by atoms with E-state index in [1.54, 1.807) is 21.3 Å². The van der Waals surface area contributed by atoms with Gasteiger partial charge in [0.15, 0.2) is 11.5 Å². The molecular weight excluding hydrogens is 344 g/mol. The molecule has 2 aromatic rings. The Morgan fingerprint density at radius 2 is 1.52 bits per heavy atom. The van der Waals surface area contributed by atoms with E-state index in [4.69, 9.17) is 18.9 Å². The molecule has 0 radical (unpaired) electrons. The van der Waals surface area contributed by atoms with Crippen molar-refractivity contribution in [2.45, 2.75) is 44.3 Å². The Bertz CT molecular complexity index is 820. The molecular formula is C22H26O5. The smallest absolute Gasteiger partial charge is 0.203 e. The first-order valence-corrected chi connectivity index (χ1v) is 9.45. The molecule has 1 heterocycles. The lowest BCUT2D eigenvalue weighted by molar-refractivity contribution is 0.0652. The number of aryl methyl sites for hydroxylation is 2. The van der Waals surface area contributed by atoms with Crippen molar-refractivity contribution in [3.8, 4) is 23.0 Å². The lowest BCUT2D eigenvalue weighted by Crippen LogP contribution is -2.20. The number of hydrogen-bond donors (Lipinski definition) is 1. The normalized spacial score (nSPS) is 20.9. The molecule has 2 aromatic carbocycles. The predicted molar refractivity (Wildman–Crippen MR) is 102 cm³/mol. The van der Waals surface area contributed by atoms with Gasteiger partial charge in [0.1, 0.15) is 11.9 Å². The molecule has 0 saturated heterocycles. The molecule has 0 amide bonds. The molecule has 1 unspecified atom stereocenters. The van der Waals surface area contributed by atoms with E-state index in [0.29, 0.717) is 23.7 Å². The Kier molecular flexibility index (Phi) is 4.87. The number of rotatable bonds is 4. The summed E-state index contributed by atoms with van der Waals surface area (Å²) in [4.78, 5) is 0. The third-order valence-electron chi connectivity index (χ3n) is 5.60. The van der Waals surface area contributed by atoms with E-state index < -0.39 is 6.10 Å². The molecule has 2 atom stereocenters. The highest BCUT2D eigenvalue weighted by atomic mass is 16.5. The van der Waals surface area contributed by atoms with E-state index in [0.717, 1.165) is 29.7 Å². The monoisotopic (exact) mass is 370 g/mol. The van der Waals surface area contributed by atoms with Gasteiger partial charge in [-0.3, -0.25) is 0 Å². The highest BCUT2D eigenvalue weighted by Crippen LogP contribution is 2.46. The fourth-order valence-corrected chi connectivity index (χ4v) is 4.17. The first-order valence-electron chi connectivity index (χ1n) is 9.45. The first kappa shape index (κ1) is 18.0. The van der Waals surface area contributed by atoms with E-state index in [-0.39, 0.29) is 6.10 Å². The maximum absolute atomic E-state index is 10.8. The minimum Gasteiger partial charge on any atom is -0.493 e. The van der Waals surface area contributed by atoms with Crippen LogP contribution in [0.2, 0.25) is 0 Å². The van der Waals surface area contributed by atoms with E-state index >= 15 is 0 Å². The molecule has 1 aliphatic carbocycles. The van der Waals surface area contributed by atoms with Gasteiger partial charge in [0, 0.05) is 17.5 Å². The van der Waals surface area contributed by atoms with E-state index in [9.17, 15) is 5.11 Å². The highest BCUT2D eigenvalue weighted by Gasteiger charge is 2.31. The van der Waals surface area contributed by atoms with Gasteiger partial charge in [0.25, 0.3) is 0 Å². The quantitative estimate of drug-likeness (QED) is 0.876. The fourth-order valence-electron chi connectivity index (χ4n) is 4.17. The second-order valence-electron chi connectivity index (χ2n) is 7.18. The van der Waals surface area contributed by atoms with Gasteiger partial charge in [0.05, 0.1) is 27.4 Å². The molecule has 0 fully saturated rings. The predicted octanol–water partition coefficient (Wildman–Crippen LogP) is 4.15. The zero-order chi connectivity index (χ0) is 19.0. The molecule has 0 saturated carbocycles. The van der Waals surface area contributed by atoms with Crippen LogP contribution in [0.4, 0.5) is 0 Å². The van der Waals surface area contributed by atoms with Crippen LogP contribution in [0.3, 0.4) is 0 Å². The minimum absolute atomic E-state index is 0.275. The Labute approximate surface area is 159 Å². The highest BCUT2D eigenvalue weighted by molar-refractivity contribution is 5.55. The Hall–Kier alpha value is -2.40. The third-order valence-corrected chi connectivity index (χ3v) is 5.60. The lowest BCUT2D eigenvalue weighted by Gasteiger charge is -2.32. The summed E-state index contributed by atoms with van der Waals surface area (Å²) in [5.74, 6) is 2.50. The van der Waals surface area contributed by atoms with Crippen LogP contribution in [0.5, 0.6) is 23.0 Å². The van der Waals surface area contributed by atoms with Crippen molar-refractivity contribution in [2.75, 3.05) is 21.3 Å². The summed E-state index contributed by atoms with van der Waals surface area (Å²) in [5.41, 5.74) is 4.50. The van der Waals surface area contributed by atoms with Crippen molar-refractivity contribution in [1.82, 2.24) is 0 Å². The van der Waals surface area contributed by atoms with Crippen molar-refractivity contribution < 1.29 is 24.1 Å². The molecule has 0 bridgehead atoms. The van der Waals surface area contributed by atoms with Crippen molar-refractivity contribution in [3.63, 3.8) is 0 Å². The number of aliphatic hydroxyl groups is 1. The summed E-state index contributed by atoms with van der Waals surface area (Å²) < 4.78 is 22.6. The van der Waals surface area contributed by atoms with Crippen LogP contribution < -0.4 is 18.9 Å². The molecule has 5 nitrogen and oxygen atoms in total. The molecule has 1 aliphatic heterocycles. The summed E-state index contributed by atoms with van der Waals surface area (Å²) in [6, 6.07) is 8.04. The zero-order valence-corrected chi connectivity index (χ0v) is 16.1. The molecule has 144 valence electrons. The van der Waals surface area contributed by atoms with Gasteiger partial charge in [-0.1, -0.05) is 0 Å². The molecule has 27 heavy (non-hydrogen) atoms. The summed E-state index contributed by atoms with van der Waals surface area (Å²) >= 11 is 0. The van der Waals surface area contributed by atoms with Crippen molar-refractivity contribution >= 4 is 0 Å². The average Bonchev–Trinajstić information content (AvgIpc) is 2.71. The van der Waals surface area contributed by atoms with E-state index in [1.807, 2.05) is 12.1 Å². The van der Waals surface area contributed by atoms with Gasteiger partial charge >= 0.3 is 0 Å². The van der Waals surface area contributed by atoms with Crippen LogP contribution >= 0.6 is 0 Å². The van der Waals surface area contributed by atoms with Gasteiger partial charge < -0.3 is 24.1 Å². The Morgan fingerprint density at radius 1 is 0.889 bits per heavy atom. The standard InChI is InChI=1S/C22H26O5/c1-24-20-10-15(11-21(25-2)22(20)26-3)18-12-17(23)16-8-13-6-4-5-7-14(13)9-19(16)27-18/h8-11,17-18,23H,4-7,12H2,1-3H3/t17?,18-/m0/s1. The van der Waals surface area contributed by atoms with Crippen molar-refractivity contribution in [3.05, 3.63) is 46.5 Å². The van der Waals surface area contributed by atoms with Crippen LogP contribution in [-0.2, 0) is 12.8 Å². The number of benzene rings is 2. The number of methoxy groups -OCH3 is 3. The van der Waals surface area contributed by atoms with E-state index in [1.165, 1.54) is 24.0 Å². The summed E-state index contributed by atoms with van der Waals surface area (Å²) in [6.07, 6.45) is 4.27. The SMILES string of the molecule is COc1cc([C@@H]2CC(O)c3cc4c(cc3O2)CCCC4)cc(OC)c1OC. The minimum atomic E-state index is -0.551. The van der Waals surface area contributed by atoms with Crippen LogP contribution in [0.25, 0.3) is 0 Å². The largest absolute Gasteiger partial charge is 0.493 e. The number of aliphatic hydroxyl groups excluding tert-OH is 1. The molecule has 0 spiro atoms. The van der Waals surface area contributed by atoms with Gasteiger partial charge in [-0.15, -0.1) is 0 Å². The number of hydrogen-bond acceptors (Lipinski definition) is 5. The van der Waals surface area contributed by atoms with E-state index in [2.05, 4.69) is 12.1 Å². The second-order valence-corrected chi connectivity index (χ2v) is 7.18. The van der Waals surface area contributed by atoms with Crippen LogP contribution in [0.15, 0.2) is 24.3 Å². The topological polar surface area (TPSA) is 57.2 Å².